The minimum Gasteiger partial charge on any atom is -0.490 e. The third-order valence-electron chi connectivity index (χ3n) is 7.53. The summed E-state index contributed by atoms with van der Waals surface area (Å²) < 4.78 is 27.0. The molecule has 47 heavy (non-hydrogen) atoms. The van der Waals surface area contributed by atoms with Crippen LogP contribution in [0.3, 0.4) is 0 Å². The predicted octanol–water partition coefficient (Wildman–Crippen LogP) is 4.15. The highest BCUT2D eigenvalue weighted by Gasteiger charge is 2.39. The van der Waals surface area contributed by atoms with Crippen molar-refractivity contribution in [2.24, 2.45) is 5.92 Å². The second-order valence-electron chi connectivity index (χ2n) is 13.9. The molecule has 2 heterocycles. The number of nitrogens with one attached hydrogen (secondary N) is 4. The van der Waals surface area contributed by atoms with Gasteiger partial charge in [0.15, 0.2) is 6.10 Å². The molecule has 2 fully saturated rings. The maximum atomic E-state index is 13.0. The first-order valence-corrected chi connectivity index (χ1v) is 16.1. The lowest BCUT2D eigenvalue weighted by molar-refractivity contribution is -0.143. The molecule has 262 valence electrons. The van der Waals surface area contributed by atoms with Crippen LogP contribution in [0.4, 0.5) is 14.4 Å². The number of methoxy groups -OCH3 is 1. The van der Waals surface area contributed by atoms with E-state index in [2.05, 4.69) is 16.0 Å². The van der Waals surface area contributed by atoms with Crippen molar-refractivity contribution in [3.8, 4) is 5.75 Å². The summed E-state index contributed by atoms with van der Waals surface area (Å²) in [6.45, 7) is 12.5. The molecule has 3 unspecified atom stereocenters. The third kappa shape index (κ3) is 12.9. The molecule has 0 spiro atoms. The highest BCUT2D eigenvalue weighted by Crippen LogP contribution is 2.25. The Balaban J connectivity index is 1.59. The number of benzene rings is 1. The molecule has 0 aliphatic carbocycles. The van der Waals surface area contributed by atoms with Crippen molar-refractivity contribution in [2.45, 2.75) is 103 Å². The summed E-state index contributed by atoms with van der Waals surface area (Å²) in [7, 11) is 1.25. The molecule has 4 N–H and O–H groups in total. The molecule has 2 saturated heterocycles. The van der Waals surface area contributed by atoms with Gasteiger partial charge in [-0.15, -0.1) is 0 Å². The molecule has 14 nitrogen and oxygen atoms in total. The highest BCUT2D eigenvalue weighted by atomic mass is 16.6. The topological polar surface area (TPSA) is 178 Å². The smallest absolute Gasteiger partial charge is 0.413 e. The SMILES string of the molecule is COC(=O)C(Cc1ccc(OCC2CN(C(CCC3CCNCC3)C(=N)NC(=O)OC(C)(C)C)C(=O)O2)cc1)NC(=O)OC(C)(C)C. The van der Waals surface area contributed by atoms with E-state index in [1.807, 2.05) is 0 Å². The van der Waals surface area contributed by atoms with Crippen LogP contribution in [0.2, 0.25) is 0 Å². The first-order valence-electron chi connectivity index (χ1n) is 16.1. The molecule has 3 rings (SSSR count). The molecule has 3 amide bonds. The van der Waals surface area contributed by atoms with Crippen LogP contribution in [0.1, 0.15) is 72.8 Å². The lowest BCUT2D eigenvalue weighted by Crippen LogP contribution is -2.50. The number of rotatable bonds is 12. The fraction of sp³-hybridized carbons (Fsp3) is 0.667. The number of cyclic esters (lactones) is 1. The summed E-state index contributed by atoms with van der Waals surface area (Å²) in [5.74, 6) is 0.255. The summed E-state index contributed by atoms with van der Waals surface area (Å²) in [4.78, 5) is 51.5. The van der Waals surface area contributed by atoms with E-state index in [1.54, 1.807) is 65.8 Å². The highest BCUT2D eigenvalue weighted by molar-refractivity contribution is 5.98. The standard InChI is InChI=1S/C33H51N5O9/c1-32(2,3)46-29(40)36-25(28(39)43-7)18-22-8-11-23(12-9-22)44-20-24-19-38(31(42)45-24)26(13-10-21-14-16-35-17-15-21)27(34)37-30(41)47-33(4,5)6/h8-9,11-12,21,24-26,35H,10,13-20H2,1-7H3,(H,36,40)(H2,34,37,41). The van der Waals surface area contributed by atoms with E-state index in [0.717, 1.165) is 37.9 Å². The van der Waals surface area contributed by atoms with Crippen molar-refractivity contribution in [2.75, 3.05) is 33.4 Å². The number of ether oxygens (including phenoxy) is 5. The average molecular weight is 662 g/mol. The molecule has 2 aliphatic rings. The molecule has 0 radical (unpaired) electrons. The number of hydrogen-bond acceptors (Lipinski definition) is 11. The van der Waals surface area contributed by atoms with Gasteiger partial charge in [0.1, 0.15) is 35.4 Å². The maximum Gasteiger partial charge on any atom is 0.413 e. The van der Waals surface area contributed by atoms with Crippen LogP contribution in [0, 0.1) is 11.3 Å². The monoisotopic (exact) mass is 661 g/mol. The molecule has 14 heteroatoms. The van der Waals surface area contributed by atoms with Gasteiger partial charge in [-0.2, -0.15) is 0 Å². The van der Waals surface area contributed by atoms with Crippen molar-refractivity contribution in [3.05, 3.63) is 29.8 Å². The summed E-state index contributed by atoms with van der Waals surface area (Å²) in [6.07, 6.45) is 0.854. The molecule has 0 saturated carbocycles. The normalized spacial score (nSPS) is 18.4. The number of piperidine rings is 1. The number of amides is 3. The van der Waals surface area contributed by atoms with E-state index < -0.39 is 53.6 Å². The van der Waals surface area contributed by atoms with E-state index in [4.69, 9.17) is 29.1 Å². The first-order chi connectivity index (χ1) is 22.0. The van der Waals surface area contributed by atoms with Gasteiger partial charge in [0.2, 0.25) is 0 Å². The fourth-order valence-corrected chi connectivity index (χ4v) is 5.33. The molecule has 0 aromatic heterocycles. The van der Waals surface area contributed by atoms with E-state index in [1.165, 1.54) is 12.0 Å². The lowest BCUT2D eigenvalue weighted by Gasteiger charge is -2.30. The van der Waals surface area contributed by atoms with Gasteiger partial charge in [0.05, 0.1) is 19.7 Å². The van der Waals surface area contributed by atoms with Crippen LogP contribution in [0.15, 0.2) is 24.3 Å². The quantitative estimate of drug-likeness (QED) is 0.110. The van der Waals surface area contributed by atoms with Crippen LogP contribution in [-0.4, -0.2) is 97.7 Å². The molecule has 0 bridgehead atoms. The number of carbonyl (C=O) groups excluding carboxylic acids is 4. The average Bonchev–Trinajstić information content (AvgIpc) is 3.34. The Labute approximate surface area is 277 Å². The molecule has 2 aliphatic heterocycles. The molecule has 1 aromatic rings. The van der Waals surface area contributed by atoms with Gasteiger partial charge in [-0.1, -0.05) is 12.1 Å². The van der Waals surface area contributed by atoms with Crippen LogP contribution < -0.4 is 20.7 Å². The molecule has 1 aromatic carbocycles. The Kier molecular flexibility index (Phi) is 13.3. The zero-order chi connectivity index (χ0) is 34.8. The predicted molar refractivity (Wildman–Crippen MR) is 174 cm³/mol. The number of alkyl carbamates (subject to hydrolysis) is 2. The van der Waals surface area contributed by atoms with Gasteiger partial charge in [-0.3, -0.25) is 15.6 Å². The van der Waals surface area contributed by atoms with Gasteiger partial charge >= 0.3 is 24.2 Å². The molecular weight excluding hydrogens is 610 g/mol. The van der Waals surface area contributed by atoms with Gasteiger partial charge in [-0.25, -0.2) is 19.2 Å². The van der Waals surface area contributed by atoms with E-state index in [0.29, 0.717) is 18.1 Å². The Hall–Kier alpha value is -4.07. The second-order valence-corrected chi connectivity index (χ2v) is 13.9. The lowest BCUT2D eigenvalue weighted by atomic mass is 9.91. The van der Waals surface area contributed by atoms with Crippen LogP contribution in [0.25, 0.3) is 0 Å². The van der Waals surface area contributed by atoms with E-state index >= 15 is 0 Å². The van der Waals surface area contributed by atoms with Gasteiger partial charge in [0.25, 0.3) is 0 Å². The summed E-state index contributed by atoms with van der Waals surface area (Å²) in [5, 5.41) is 17.1. The summed E-state index contributed by atoms with van der Waals surface area (Å²) in [5.41, 5.74) is -0.710. The van der Waals surface area contributed by atoms with Crippen molar-refractivity contribution in [3.63, 3.8) is 0 Å². The minimum absolute atomic E-state index is 0.0699. The first kappa shape index (κ1) is 37.4. The summed E-state index contributed by atoms with van der Waals surface area (Å²) >= 11 is 0. The second kappa shape index (κ2) is 16.7. The Morgan fingerprint density at radius 2 is 1.64 bits per heavy atom. The van der Waals surface area contributed by atoms with E-state index in [9.17, 15) is 19.2 Å². The third-order valence-corrected chi connectivity index (χ3v) is 7.53. The number of carbonyl (C=O) groups is 4. The van der Waals surface area contributed by atoms with Crippen LogP contribution in [-0.2, 0) is 30.2 Å². The minimum atomic E-state index is -0.947. The van der Waals surface area contributed by atoms with Crippen molar-refractivity contribution in [1.29, 1.82) is 5.41 Å². The van der Waals surface area contributed by atoms with Gasteiger partial charge in [0, 0.05) is 6.42 Å². The van der Waals surface area contributed by atoms with Crippen LogP contribution in [0.5, 0.6) is 5.75 Å². The Morgan fingerprint density at radius 1 is 1.02 bits per heavy atom. The van der Waals surface area contributed by atoms with Crippen LogP contribution >= 0.6 is 0 Å². The number of esters is 1. The van der Waals surface area contributed by atoms with E-state index in [-0.39, 0.29) is 25.4 Å². The zero-order valence-corrected chi connectivity index (χ0v) is 28.6. The number of nitrogens with zero attached hydrogens (tertiary/aromatic N) is 1. The van der Waals surface area contributed by atoms with Crippen molar-refractivity contribution in [1.82, 2.24) is 20.9 Å². The summed E-state index contributed by atoms with van der Waals surface area (Å²) in [6, 6.07) is 5.32. The molecular formula is C33H51N5O9. The number of hydrogen-bond donors (Lipinski definition) is 4. The van der Waals surface area contributed by atoms with Crippen molar-refractivity contribution < 1.29 is 42.9 Å². The Morgan fingerprint density at radius 3 is 2.23 bits per heavy atom. The maximum absolute atomic E-state index is 13.0. The van der Waals surface area contributed by atoms with Gasteiger partial charge < -0.3 is 34.3 Å². The Bertz CT molecular complexity index is 1240. The van der Waals surface area contributed by atoms with Crippen molar-refractivity contribution >= 4 is 30.1 Å². The number of amidine groups is 1. The zero-order valence-electron chi connectivity index (χ0n) is 28.6. The largest absolute Gasteiger partial charge is 0.490 e. The fourth-order valence-electron chi connectivity index (χ4n) is 5.33. The van der Waals surface area contributed by atoms with Gasteiger partial charge in [-0.05, 0) is 104 Å². The molecule has 3 atom stereocenters.